The molecule has 1 fully saturated rings. The smallest absolute Gasteiger partial charge is 0.230 e. The van der Waals surface area contributed by atoms with Crippen molar-refractivity contribution in [3.05, 3.63) is 70.5 Å². The summed E-state index contributed by atoms with van der Waals surface area (Å²) in [5.74, 6) is 1.64. The third-order valence-corrected chi connectivity index (χ3v) is 6.14. The third kappa shape index (κ3) is 4.42. The number of halogens is 1. The second kappa shape index (κ2) is 8.91. The Morgan fingerprint density at radius 2 is 1.83 bits per heavy atom. The maximum absolute atomic E-state index is 13.1. The molecule has 2 aromatic carbocycles. The highest BCUT2D eigenvalue weighted by atomic mass is 79.9. The molecule has 5 nitrogen and oxygen atoms in total. The zero-order chi connectivity index (χ0) is 20.2. The van der Waals surface area contributed by atoms with Gasteiger partial charge in [0.25, 0.3) is 0 Å². The van der Waals surface area contributed by atoms with Crippen LogP contribution in [0.15, 0.2) is 63.6 Å². The number of hydrogen-bond acceptors (Lipinski definition) is 4. The number of likely N-dealkylation sites (tertiary alicyclic amines) is 1. The molecule has 1 saturated heterocycles. The summed E-state index contributed by atoms with van der Waals surface area (Å²) in [4.78, 5) is 19.7. The van der Waals surface area contributed by atoms with Gasteiger partial charge in [0, 0.05) is 29.0 Å². The van der Waals surface area contributed by atoms with E-state index in [1.807, 2.05) is 59.5 Å². The van der Waals surface area contributed by atoms with Crippen molar-refractivity contribution in [2.24, 2.45) is 0 Å². The Morgan fingerprint density at radius 1 is 1.14 bits per heavy atom. The van der Waals surface area contributed by atoms with Gasteiger partial charge in [0.2, 0.25) is 17.6 Å². The minimum absolute atomic E-state index is 0.0693. The van der Waals surface area contributed by atoms with Crippen LogP contribution in [-0.2, 0) is 4.79 Å². The zero-order valence-corrected chi connectivity index (χ0v) is 18.0. The first-order chi connectivity index (χ1) is 14.2. The number of aromatic nitrogens is 2. The number of nitrogens with zero attached hydrogens (tertiary/aromatic N) is 3. The molecule has 1 aliphatic rings. The van der Waals surface area contributed by atoms with Gasteiger partial charge in [-0.05, 0) is 49.1 Å². The number of hydrogen-bond donors (Lipinski definition) is 0. The number of piperidine rings is 1. The van der Waals surface area contributed by atoms with Crippen LogP contribution in [0.5, 0.6) is 0 Å². The Labute approximate surface area is 179 Å². The Balaban J connectivity index is 1.39. The van der Waals surface area contributed by atoms with Crippen LogP contribution < -0.4 is 0 Å². The van der Waals surface area contributed by atoms with Gasteiger partial charge in [0.15, 0.2) is 0 Å². The minimum atomic E-state index is -0.0693. The van der Waals surface area contributed by atoms with Crippen molar-refractivity contribution in [1.82, 2.24) is 15.0 Å². The molecule has 1 amide bonds. The van der Waals surface area contributed by atoms with Crippen LogP contribution in [0.1, 0.15) is 49.5 Å². The molecule has 1 aromatic heterocycles. The normalized spacial score (nSPS) is 16.0. The number of rotatable bonds is 5. The predicted molar refractivity (Wildman–Crippen MR) is 115 cm³/mol. The largest absolute Gasteiger partial charge is 0.342 e. The molecule has 150 valence electrons. The van der Waals surface area contributed by atoms with Crippen molar-refractivity contribution in [1.29, 1.82) is 0 Å². The molecular weight excluding hydrogens is 430 g/mol. The molecule has 6 heteroatoms. The van der Waals surface area contributed by atoms with Crippen LogP contribution >= 0.6 is 15.9 Å². The van der Waals surface area contributed by atoms with E-state index in [0.29, 0.717) is 11.7 Å². The number of carbonyl (C=O) groups is 1. The number of benzene rings is 2. The van der Waals surface area contributed by atoms with Gasteiger partial charge in [-0.25, -0.2) is 0 Å². The highest BCUT2D eigenvalue weighted by molar-refractivity contribution is 9.10. The molecular formula is C23H24BrN3O2. The lowest BCUT2D eigenvalue weighted by Crippen LogP contribution is -2.40. The second-order valence-corrected chi connectivity index (χ2v) is 8.35. The number of amides is 1. The lowest BCUT2D eigenvalue weighted by molar-refractivity contribution is -0.134. The lowest BCUT2D eigenvalue weighted by Gasteiger charge is -2.33. The van der Waals surface area contributed by atoms with Gasteiger partial charge in [-0.1, -0.05) is 58.3 Å². The molecule has 0 radical (unpaired) electrons. The van der Waals surface area contributed by atoms with Gasteiger partial charge >= 0.3 is 0 Å². The fourth-order valence-corrected chi connectivity index (χ4v) is 4.19. The SMILES string of the molecule is CCC(C(=O)N1CCC(c2nc(-c3ccc(Br)cc3)no2)CC1)c1ccccc1. The van der Waals surface area contributed by atoms with Crippen molar-refractivity contribution in [3.63, 3.8) is 0 Å². The van der Waals surface area contributed by atoms with Gasteiger partial charge in [0.1, 0.15) is 0 Å². The van der Waals surface area contributed by atoms with Crippen molar-refractivity contribution in [3.8, 4) is 11.4 Å². The van der Waals surface area contributed by atoms with Gasteiger partial charge in [-0.3, -0.25) is 4.79 Å². The summed E-state index contributed by atoms with van der Waals surface area (Å²) in [5.41, 5.74) is 2.03. The van der Waals surface area contributed by atoms with Gasteiger partial charge < -0.3 is 9.42 Å². The summed E-state index contributed by atoms with van der Waals surface area (Å²) < 4.78 is 6.56. The fraction of sp³-hybridized carbons (Fsp3) is 0.348. The standard InChI is InChI=1S/C23H24BrN3O2/c1-2-20(16-6-4-3-5-7-16)23(28)27-14-12-18(13-15-27)22-25-21(26-29-22)17-8-10-19(24)11-9-17/h3-11,18,20H,2,12-15H2,1H3. The maximum Gasteiger partial charge on any atom is 0.230 e. The van der Waals surface area contributed by atoms with Crippen molar-refractivity contribution >= 4 is 21.8 Å². The van der Waals surface area contributed by atoms with Crippen LogP contribution in [0, 0.1) is 0 Å². The highest BCUT2D eigenvalue weighted by Gasteiger charge is 2.31. The summed E-state index contributed by atoms with van der Waals surface area (Å²) >= 11 is 3.44. The van der Waals surface area contributed by atoms with Crippen molar-refractivity contribution < 1.29 is 9.32 Å². The summed E-state index contributed by atoms with van der Waals surface area (Å²) in [6, 6.07) is 17.9. The first kappa shape index (κ1) is 19.8. The molecule has 29 heavy (non-hydrogen) atoms. The minimum Gasteiger partial charge on any atom is -0.342 e. The lowest BCUT2D eigenvalue weighted by atomic mass is 9.92. The molecule has 4 rings (SSSR count). The van der Waals surface area contributed by atoms with Gasteiger partial charge in [0.05, 0.1) is 5.92 Å². The Hall–Kier alpha value is -2.47. The average Bonchev–Trinajstić information content (AvgIpc) is 3.26. The first-order valence-corrected chi connectivity index (χ1v) is 10.9. The van der Waals surface area contributed by atoms with Gasteiger partial charge in [-0.15, -0.1) is 0 Å². The Morgan fingerprint density at radius 3 is 2.48 bits per heavy atom. The van der Waals surface area contributed by atoms with Crippen LogP contribution in [0.3, 0.4) is 0 Å². The molecule has 2 heterocycles. The van der Waals surface area contributed by atoms with E-state index in [-0.39, 0.29) is 17.7 Å². The average molecular weight is 454 g/mol. The summed E-state index contributed by atoms with van der Waals surface area (Å²) in [6.45, 7) is 3.52. The van der Waals surface area contributed by atoms with E-state index in [9.17, 15) is 4.79 Å². The van der Waals surface area contributed by atoms with Gasteiger partial charge in [-0.2, -0.15) is 4.98 Å². The quantitative estimate of drug-likeness (QED) is 0.518. The monoisotopic (exact) mass is 453 g/mol. The molecule has 0 spiro atoms. The summed E-state index contributed by atoms with van der Waals surface area (Å²) in [5, 5.41) is 4.14. The van der Waals surface area contributed by atoms with Crippen LogP contribution in [0.2, 0.25) is 0 Å². The Kier molecular flexibility index (Phi) is 6.09. The van der Waals surface area contributed by atoms with E-state index in [1.54, 1.807) is 0 Å². The molecule has 0 saturated carbocycles. The first-order valence-electron chi connectivity index (χ1n) is 10.1. The molecule has 1 aliphatic heterocycles. The van der Waals surface area contributed by atoms with Crippen molar-refractivity contribution in [2.45, 2.75) is 38.0 Å². The van der Waals surface area contributed by atoms with Crippen LogP contribution in [-0.4, -0.2) is 34.0 Å². The molecule has 0 bridgehead atoms. The molecule has 0 aliphatic carbocycles. The highest BCUT2D eigenvalue weighted by Crippen LogP contribution is 2.31. The predicted octanol–water partition coefficient (Wildman–Crippen LogP) is 5.40. The van der Waals surface area contributed by atoms with E-state index in [2.05, 4.69) is 33.0 Å². The van der Waals surface area contributed by atoms with Crippen LogP contribution in [0.4, 0.5) is 0 Å². The Bertz CT molecular complexity index is 948. The molecule has 1 atom stereocenters. The molecule has 3 aromatic rings. The second-order valence-electron chi connectivity index (χ2n) is 7.43. The van der Waals surface area contributed by atoms with E-state index in [4.69, 9.17) is 4.52 Å². The topological polar surface area (TPSA) is 59.2 Å². The van der Waals surface area contributed by atoms with E-state index >= 15 is 0 Å². The molecule has 0 N–H and O–H groups in total. The van der Waals surface area contributed by atoms with E-state index in [1.165, 1.54) is 0 Å². The third-order valence-electron chi connectivity index (χ3n) is 5.61. The van der Waals surface area contributed by atoms with Crippen LogP contribution in [0.25, 0.3) is 11.4 Å². The maximum atomic E-state index is 13.1. The molecule has 1 unspecified atom stereocenters. The summed E-state index contributed by atoms with van der Waals surface area (Å²) in [7, 11) is 0. The summed E-state index contributed by atoms with van der Waals surface area (Å²) in [6.07, 6.45) is 2.50. The fourth-order valence-electron chi connectivity index (χ4n) is 3.92. The van der Waals surface area contributed by atoms with Crippen molar-refractivity contribution in [2.75, 3.05) is 13.1 Å². The zero-order valence-electron chi connectivity index (χ0n) is 16.4. The van der Waals surface area contributed by atoms with E-state index < -0.39 is 0 Å². The van der Waals surface area contributed by atoms with E-state index in [0.717, 1.165) is 48.0 Å². The number of carbonyl (C=O) groups excluding carboxylic acids is 1.